The van der Waals surface area contributed by atoms with Crippen LogP contribution >= 0.6 is 0 Å². The average Bonchev–Trinajstić information content (AvgIpc) is 2.74. The number of nitrogens with one attached hydrogen (secondary N) is 1. The molecule has 0 unspecified atom stereocenters. The van der Waals surface area contributed by atoms with E-state index in [1.807, 2.05) is 6.07 Å². The Morgan fingerprint density at radius 2 is 1.72 bits per heavy atom. The average molecular weight is 389 g/mol. The van der Waals surface area contributed by atoms with Crippen LogP contribution < -0.4 is 15.8 Å². The lowest BCUT2D eigenvalue weighted by Gasteiger charge is -2.26. The van der Waals surface area contributed by atoms with Gasteiger partial charge in [0.2, 0.25) is 0 Å². The Morgan fingerprint density at radius 1 is 0.966 bits per heavy atom. The molecule has 2 nitrogen and oxygen atoms in total. The first-order chi connectivity index (χ1) is 14.1. The van der Waals surface area contributed by atoms with Gasteiger partial charge in [-0.15, -0.1) is 0 Å². The van der Waals surface area contributed by atoms with E-state index in [0.29, 0.717) is 0 Å². The predicted octanol–water partition coefficient (Wildman–Crippen LogP) is 4.96. The van der Waals surface area contributed by atoms with E-state index in [0.717, 1.165) is 46.6 Å². The predicted molar refractivity (Wildman–Crippen MR) is 123 cm³/mol. The number of nitrogens with zero attached hydrogens (tertiary/aromatic N) is 1. The Morgan fingerprint density at radius 3 is 2.48 bits per heavy atom. The zero-order valence-electron chi connectivity index (χ0n) is 17.0. The molecule has 1 heterocycles. The molecule has 0 radical (unpaired) electrons. The molecule has 1 saturated heterocycles. The second-order valence-corrected chi connectivity index (χ2v) is 8.04. The van der Waals surface area contributed by atoms with E-state index in [9.17, 15) is 4.39 Å². The maximum atomic E-state index is 13.2. The number of piperidine rings is 1. The first-order valence-electron chi connectivity index (χ1n) is 10.6. The summed E-state index contributed by atoms with van der Waals surface area (Å²) in [5, 5.41) is 7.71. The maximum Gasteiger partial charge on any atom is 0.123 e. The van der Waals surface area contributed by atoms with Gasteiger partial charge in [-0.1, -0.05) is 37.8 Å². The largest absolute Gasteiger partial charge is 0.355 e. The molecule has 0 bridgehead atoms. The van der Waals surface area contributed by atoms with Crippen molar-refractivity contribution in [1.82, 2.24) is 4.90 Å². The van der Waals surface area contributed by atoms with Gasteiger partial charge in [-0.2, -0.15) is 0 Å². The molecule has 1 N–H and O–H groups in total. The number of halogens is 1. The third-order valence-electron chi connectivity index (χ3n) is 5.93. The van der Waals surface area contributed by atoms with Gasteiger partial charge in [0.1, 0.15) is 5.82 Å². The Balaban J connectivity index is 1.61. The number of hydrogen-bond donors (Lipinski definition) is 1. The molecule has 0 amide bonds. The second kappa shape index (κ2) is 8.79. The van der Waals surface area contributed by atoms with Gasteiger partial charge in [0, 0.05) is 11.4 Å². The minimum absolute atomic E-state index is 0.238. The zero-order valence-corrected chi connectivity index (χ0v) is 17.0. The lowest BCUT2D eigenvalue weighted by atomic mass is 9.97. The first-order valence-corrected chi connectivity index (χ1v) is 10.6. The highest BCUT2D eigenvalue weighted by Gasteiger charge is 2.11. The van der Waals surface area contributed by atoms with Gasteiger partial charge in [-0.3, -0.25) is 0 Å². The second-order valence-electron chi connectivity index (χ2n) is 8.04. The summed E-state index contributed by atoms with van der Waals surface area (Å²) in [6, 6.07) is 14.9. The van der Waals surface area contributed by atoms with E-state index in [4.69, 9.17) is 0 Å². The van der Waals surface area contributed by atoms with Crippen LogP contribution in [-0.2, 0) is 6.42 Å². The molecule has 1 aliphatic rings. The molecule has 1 aliphatic heterocycles. The molecule has 3 heteroatoms. The highest BCUT2D eigenvalue weighted by atomic mass is 19.1. The van der Waals surface area contributed by atoms with Crippen LogP contribution in [0.25, 0.3) is 23.9 Å². The van der Waals surface area contributed by atoms with E-state index in [1.54, 1.807) is 12.1 Å². The first kappa shape index (κ1) is 19.7. The molecule has 29 heavy (non-hydrogen) atoms. The van der Waals surface area contributed by atoms with E-state index in [-0.39, 0.29) is 5.82 Å². The van der Waals surface area contributed by atoms with Crippen molar-refractivity contribution in [3.63, 3.8) is 0 Å². The summed E-state index contributed by atoms with van der Waals surface area (Å²) in [7, 11) is 0. The summed E-state index contributed by atoms with van der Waals surface area (Å²) < 4.78 is 13.2. The summed E-state index contributed by atoms with van der Waals surface area (Å²) in [5.74, 6) is -0.238. The monoisotopic (exact) mass is 388 g/mol. The minimum Gasteiger partial charge on any atom is -0.355 e. The summed E-state index contributed by atoms with van der Waals surface area (Å²) in [5.41, 5.74) is 3.10. The van der Waals surface area contributed by atoms with Crippen LogP contribution in [0.1, 0.15) is 31.2 Å². The summed E-state index contributed by atoms with van der Waals surface area (Å²) in [4.78, 5) is 2.59. The summed E-state index contributed by atoms with van der Waals surface area (Å²) in [6.07, 6.45) is 6.23. The van der Waals surface area contributed by atoms with Crippen molar-refractivity contribution in [1.29, 1.82) is 0 Å². The fourth-order valence-corrected chi connectivity index (χ4v) is 4.38. The van der Waals surface area contributed by atoms with Crippen molar-refractivity contribution in [3.8, 4) is 0 Å². The summed E-state index contributed by atoms with van der Waals surface area (Å²) in [6.45, 7) is 12.3. The van der Waals surface area contributed by atoms with E-state index in [2.05, 4.69) is 41.6 Å². The highest BCUT2D eigenvalue weighted by Crippen LogP contribution is 2.20. The Labute approximate surface area is 172 Å². The fourth-order valence-electron chi connectivity index (χ4n) is 4.38. The van der Waals surface area contributed by atoms with E-state index >= 15 is 0 Å². The van der Waals surface area contributed by atoms with Crippen LogP contribution in [0.5, 0.6) is 0 Å². The van der Waals surface area contributed by atoms with Crippen LogP contribution in [0.2, 0.25) is 0 Å². The molecule has 0 atom stereocenters. The molecule has 0 aliphatic carbocycles. The summed E-state index contributed by atoms with van der Waals surface area (Å²) >= 11 is 0. The van der Waals surface area contributed by atoms with Crippen molar-refractivity contribution in [2.45, 2.75) is 32.1 Å². The SMILES string of the molecule is C=c1cc(Nc2ccc(F)cc2)c(=C)c2c(CCCN3CCCCC3)cccc12. The molecule has 0 saturated carbocycles. The normalized spacial score (nSPS) is 14.9. The van der Waals surface area contributed by atoms with Crippen LogP contribution in [0.15, 0.2) is 48.5 Å². The van der Waals surface area contributed by atoms with Crippen molar-refractivity contribution < 1.29 is 4.39 Å². The Bertz CT molecular complexity index is 1080. The smallest absolute Gasteiger partial charge is 0.123 e. The van der Waals surface area contributed by atoms with Gasteiger partial charge in [0.15, 0.2) is 0 Å². The van der Waals surface area contributed by atoms with Gasteiger partial charge in [-0.25, -0.2) is 4.39 Å². The fraction of sp³-hybridized carbons (Fsp3) is 0.308. The maximum absolute atomic E-state index is 13.2. The van der Waals surface area contributed by atoms with Crippen LogP contribution in [0, 0.1) is 5.82 Å². The van der Waals surface area contributed by atoms with Crippen molar-refractivity contribution in [3.05, 3.63) is 70.3 Å². The lowest BCUT2D eigenvalue weighted by Crippen LogP contribution is -2.30. The molecular weight excluding hydrogens is 359 g/mol. The molecular formula is C26H29FN2. The number of aryl methyl sites for hydroxylation is 1. The van der Waals surface area contributed by atoms with Crippen LogP contribution in [0.3, 0.4) is 0 Å². The number of benzene rings is 3. The number of rotatable bonds is 6. The van der Waals surface area contributed by atoms with Gasteiger partial charge in [0.05, 0.1) is 0 Å². The Kier molecular flexibility index (Phi) is 5.96. The quantitative estimate of drug-likeness (QED) is 0.642. The lowest BCUT2D eigenvalue weighted by molar-refractivity contribution is 0.226. The van der Waals surface area contributed by atoms with Gasteiger partial charge in [-0.05, 0) is 102 Å². The van der Waals surface area contributed by atoms with Gasteiger partial charge < -0.3 is 10.2 Å². The minimum atomic E-state index is -0.238. The zero-order chi connectivity index (χ0) is 20.2. The number of likely N-dealkylation sites (tertiary alicyclic amines) is 1. The third-order valence-corrected chi connectivity index (χ3v) is 5.93. The molecule has 0 aromatic heterocycles. The topological polar surface area (TPSA) is 15.3 Å². The molecule has 1 fully saturated rings. The van der Waals surface area contributed by atoms with Crippen molar-refractivity contribution in [2.24, 2.45) is 0 Å². The van der Waals surface area contributed by atoms with Crippen LogP contribution in [0.4, 0.5) is 15.8 Å². The van der Waals surface area contributed by atoms with Gasteiger partial charge >= 0.3 is 0 Å². The van der Waals surface area contributed by atoms with E-state index < -0.39 is 0 Å². The van der Waals surface area contributed by atoms with Crippen molar-refractivity contribution >= 4 is 35.3 Å². The van der Waals surface area contributed by atoms with Gasteiger partial charge in [0.25, 0.3) is 0 Å². The standard InChI is InChI=1S/C26H29FN2/c1-19-18-25(28-23-13-11-22(27)12-14-23)20(2)26-21(8-6-10-24(19)26)9-7-17-29-15-4-3-5-16-29/h6,8,10-14,18,28H,1-5,7,9,15-17H2. The Hall–Kier alpha value is -2.65. The number of anilines is 2. The molecule has 0 spiro atoms. The third kappa shape index (κ3) is 4.51. The van der Waals surface area contributed by atoms with E-state index in [1.165, 1.54) is 55.4 Å². The van der Waals surface area contributed by atoms with Crippen molar-refractivity contribution in [2.75, 3.05) is 25.0 Å². The number of hydrogen-bond acceptors (Lipinski definition) is 2. The number of fused-ring (bicyclic) bond motifs is 1. The highest BCUT2D eigenvalue weighted by molar-refractivity contribution is 5.90. The molecule has 3 aromatic carbocycles. The molecule has 4 rings (SSSR count). The molecule has 3 aromatic rings. The molecule has 150 valence electrons. The van der Waals surface area contributed by atoms with Crippen LogP contribution in [-0.4, -0.2) is 24.5 Å².